The minimum Gasteiger partial charge on any atom is -0.491 e. The quantitative estimate of drug-likeness (QED) is 0.739. The van der Waals surface area contributed by atoms with E-state index in [-0.39, 0.29) is 11.6 Å². The summed E-state index contributed by atoms with van der Waals surface area (Å²) in [4.78, 5) is 0. The molecule has 0 atom stereocenters. The zero-order valence-corrected chi connectivity index (χ0v) is 9.79. The molecular weight excluding hydrogens is 219 g/mol. The molecule has 2 N–H and O–H groups in total. The monoisotopic (exact) mass is 236 g/mol. The van der Waals surface area contributed by atoms with E-state index in [9.17, 15) is 4.39 Å². The molecule has 0 saturated heterocycles. The van der Waals surface area contributed by atoms with E-state index in [2.05, 4.69) is 6.07 Å². The SMILES string of the molecule is N#CCCCCOc1ccc(CCN)cc1F. The summed E-state index contributed by atoms with van der Waals surface area (Å²) in [6.07, 6.45) is 2.72. The van der Waals surface area contributed by atoms with E-state index >= 15 is 0 Å². The standard InChI is InChI=1S/C13H17FN2O/c14-12-10-11(6-8-16)4-5-13(12)17-9-3-1-2-7-15/h4-5,10H,1-3,6,8-9,16H2. The highest BCUT2D eigenvalue weighted by atomic mass is 19.1. The Bertz CT molecular complexity index is 387. The van der Waals surface area contributed by atoms with Crippen LogP contribution in [-0.2, 0) is 6.42 Å². The first-order chi connectivity index (χ1) is 8.27. The summed E-state index contributed by atoms with van der Waals surface area (Å²) in [7, 11) is 0. The van der Waals surface area contributed by atoms with Gasteiger partial charge in [0, 0.05) is 6.42 Å². The van der Waals surface area contributed by atoms with E-state index in [0.717, 1.165) is 18.4 Å². The van der Waals surface area contributed by atoms with Crippen LogP contribution >= 0.6 is 0 Å². The lowest BCUT2D eigenvalue weighted by atomic mass is 10.1. The van der Waals surface area contributed by atoms with Gasteiger partial charge in [0.15, 0.2) is 11.6 Å². The molecule has 0 aliphatic rings. The van der Waals surface area contributed by atoms with Gasteiger partial charge >= 0.3 is 0 Å². The third-order valence-electron chi connectivity index (χ3n) is 2.37. The molecule has 3 nitrogen and oxygen atoms in total. The highest BCUT2D eigenvalue weighted by Gasteiger charge is 2.04. The predicted octanol–water partition coefficient (Wildman–Crippen LogP) is 2.40. The fraction of sp³-hybridized carbons (Fsp3) is 0.462. The van der Waals surface area contributed by atoms with Gasteiger partial charge in [0.25, 0.3) is 0 Å². The van der Waals surface area contributed by atoms with Crippen molar-refractivity contribution in [2.24, 2.45) is 5.73 Å². The van der Waals surface area contributed by atoms with E-state index in [4.69, 9.17) is 15.7 Å². The number of nitriles is 1. The van der Waals surface area contributed by atoms with Crippen molar-refractivity contribution in [3.8, 4) is 11.8 Å². The lowest BCUT2D eigenvalue weighted by Gasteiger charge is -2.07. The summed E-state index contributed by atoms with van der Waals surface area (Å²) in [5.41, 5.74) is 6.27. The predicted molar refractivity (Wildman–Crippen MR) is 64.1 cm³/mol. The van der Waals surface area contributed by atoms with Crippen LogP contribution in [0.25, 0.3) is 0 Å². The normalized spacial score (nSPS) is 9.94. The fourth-order valence-electron chi connectivity index (χ4n) is 1.47. The number of rotatable bonds is 7. The maximum Gasteiger partial charge on any atom is 0.165 e. The second kappa shape index (κ2) is 7.64. The Kier molecular flexibility index (Phi) is 6.05. The minimum atomic E-state index is -0.351. The summed E-state index contributed by atoms with van der Waals surface area (Å²) >= 11 is 0. The summed E-state index contributed by atoms with van der Waals surface area (Å²) in [6.45, 7) is 0.947. The molecule has 4 heteroatoms. The number of nitrogens with zero attached hydrogens (tertiary/aromatic N) is 1. The molecule has 0 saturated carbocycles. The van der Waals surface area contributed by atoms with Gasteiger partial charge in [-0.25, -0.2) is 4.39 Å². The third-order valence-corrected chi connectivity index (χ3v) is 2.37. The van der Waals surface area contributed by atoms with Crippen LogP contribution in [0.1, 0.15) is 24.8 Å². The maximum atomic E-state index is 13.5. The second-order valence-corrected chi connectivity index (χ2v) is 3.77. The smallest absolute Gasteiger partial charge is 0.165 e. The molecule has 0 aliphatic heterocycles. The average molecular weight is 236 g/mol. The van der Waals surface area contributed by atoms with Gasteiger partial charge in [-0.1, -0.05) is 6.07 Å². The van der Waals surface area contributed by atoms with Crippen LogP contribution in [0.5, 0.6) is 5.75 Å². The van der Waals surface area contributed by atoms with E-state index in [0.29, 0.717) is 26.0 Å². The van der Waals surface area contributed by atoms with E-state index in [1.165, 1.54) is 6.07 Å². The van der Waals surface area contributed by atoms with Crippen LogP contribution in [0.15, 0.2) is 18.2 Å². The Hall–Kier alpha value is -1.60. The lowest BCUT2D eigenvalue weighted by Crippen LogP contribution is -2.04. The maximum absolute atomic E-state index is 13.5. The van der Waals surface area contributed by atoms with Gasteiger partial charge in [-0.15, -0.1) is 0 Å². The average Bonchev–Trinajstić information content (AvgIpc) is 2.32. The third kappa shape index (κ3) is 4.83. The molecule has 0 fully saturated rings. The zero-order chi connectivity index (χ0) is 12.5. The summed E-state index contributed by atoms with van der Waals surface area (Å²) in [5, 5.41) is 8.35. The molecular formula is C13H17FN2O. The topological polar surface area (TPSA) is 59.0 Å². The number of hydrogen-bond acceptors (Lipinski definition) is 3. The van der Waals surface area contributed by atoms with Crippen molar-refractivity contribution in [1.82, 2.24) is 0 Å². The number of hydrogen-bond donors (Lipinski definition) is 1. The molecule has 0 aromatic heterocycles. The number of halogens is 1. The Balaban J connectivity index is 2.41. The van der Waals surface area contributed by atoms with Gasteiger partial charge in [-0.2, -0.15) is 5.26 Å². The highest BCUT2D eigenvalue weighted by molar-refractivity contribution is 5.29. The Morgan fingerprint density at radius 2 is 2.18 bits per heavy atom. The van der Waals surface area contributed by atoms with Gasteiger partial charge in [0.2, 0.25) is 0 Å². The minimum absolute atomic E-state index is 0.266. The number of ether oxygens (including phenoxy) is 1. The van der Waals surface area contributed by atoms with Crippen LogP contribution in [0.2, 0.25) is 0 Å². The number of benzene rings is 1. The van der Waals surface area contributed by atoms with Crippen molar-refractivity contribution >= 4 is 0 Å². The van der Waals surface area contributed by atoms with Crippen molar-refractivity contribution in [3.05, 3.63) is 29.6 Å². The first-order valence-corrected chi connectivity index (χ1v) is 5.76. The Morgan fingerprint density at radius 1 is 1.35 bits per heavy atom. The van der Waals surface area contributed by atoms with Crippen LogP contribution in [-0.4, -0.2) is 13.2 Å². The summed E-state index contributed by atoms with van der Waals surface area (Å²) in [6, 6.07) is 6.96. The second-order valence-electron chi connectivity index (χ2n) is 3.77. The van der Waals surface area contributed by atoms with Crippen molar-refractivity contribution < 1.29 is 9.13 Å². The number of unbranched alkanes of at least 4 members (excludes halogenated alkanes) is 2. The summed E-state index contributed by atoms with van der Waals surface area (Å²) < 4.78 is 18.8. The van der Waals surface area contributed by atoms with E-state index < -0.39 is 0 Å². The number of nitrogens with two attached hydrogens (primary N) is 1. The van der Waals surface area contributed by atoms with Gasteiger partial charge in [0.05, 0.1) is 12.7 Å². The molecule has 0 heterocycles. The largest absolute Gasteiger partial charge is 0.491 e. The van der Waals surface area contributed by atoms with Crippen molar-refractivity contribution in [1.29, 1.82) is 5.26 Å². The highest BCUT2D eigenvalue weighted by Crippen LogP contribution is 2.18. The molecule has 0 unspecified atom stereocenters. The first-order valence-electron chi connectivity index (χ1n) is 5.76. The Labute approximate surface area is 101 Å². The van der Waals surface area contributed by atoms with E-state index in [1.807, 2.05) is 6.07 Å². The molecule has 1 aromatic rings. The lowest BCUT2D eigenvalue weighted by molar-refractivity contribution is 0.292. The Morgan fingerprint density at radius 3 is 2.82 bits per heavy atom. The van der Waals surface area contributed by atoms with Gasteiger partial charge in [-0.05, 0) is 43.5 Å². The molecule has 0 radical (unpaired) electrons. The van der Waals surface area contributed by atoms with Crippen LogP contribution in [0.3, 0.4) is 0 Å². The van der Waals surface area contributed by atoms with Crippen molar-refractivity contribution in [2.75, 3.05) is 13.2 Å². The summed E-state index contributed by atoms with van der Waals surface area (Å²) in [5.74, 6) is -0.0843. The molecule has 0 amide bonds. The van der Waals surface area contributed by atoms with Crippen molar-refractivity contribution in [2.45, 2.75) is 25.7 Å². The van der Waals surface area contributed by atoms with Gasteiger partial charge in [-0.3, -0.25) is 0 Å². The first kappa shape index (κ1) is 13.5. The molecule has 0 aliphatic carbocycles. The van der Waals surface area contributed by atoms with E-state index in [1.54, 1.807) is 6.07 Å². The van der Waals surface area contributed by atoms with Gasteiger partial charge in [0.1, 0.15) is 0 Å². The molecule has 0 spiro atoms. The van der Waals surface area contributed by atoms with Crippen LogP contribution in [0, 0.1) is 17.1 Å². The molecule has 1 rings (SSSR count). The molecule has 0 bridgehead atoms. The molecule has 17 heavy (non-hydrogen) atoms. The van der Waals surface area contributed by atoms with Crippen molar-refractivity contribution in [3.63, 3.8) is 0 Å². The van der Waals surface area contributed by atoms with Crippen LogP contribution < -0.4 is 10.5 Å². The fourth-order valence-corrected chi connectivity index (χ4v) is 1.47. The molecule has 92 valence electrons. The molecule has 1 aromatic carbocycles. The van der Waals surface area contributed by atoms with Gasteiger partial charge < -0.3 is 10.5 Å². The van der Waals surface area contributed by atoms with Crippen LogP contribution in [0.4, 0.5) is 4.39 Å². The zero-order valence-electron chi connectivity index (χ0n) is 9.79.